The molecule has 0 bridgehead atoms. The smallest absolute Gasteiger partial charge is 0.129 e. The van der Waals surface area contributed by atoms with Gasteiger partial charge >= 0.3 is 0 Å². The maximum atomic E-state index is 9.63. The molecule has 1 aliphatic carbocycles. The van der Waals surface area contributed by atoms with E-state index in [0.29, 0.717) is 12.6 Å². The number of aliphatic hydroxyl groups is 2. The molecular formula is C14H22N2O2. The van der Waals surface area contributed by atoms with Gasteiger partial charge in [-0.15, -0.1) is 0 Å². The van der Waals surface area contributed by atoms with E-state index in [9.17, 15) is 10.2 Å². The molecule has 0 aromatic carbocycles. The van der Waals surface area contributed by atoms with Gasteiger partial charge in [-0.05, 0) is 37.5 Å². The maximum absolute atomic E-state index is 9.63. The van der Waals surface area contributed by atoms with Crippen molar-refractivity contribution >= 4 is 5.82 Å². The summed E-state index contributed by atoms with van der Waals surface area (Å²) in [6.07, 6.45) is 6.09. The first kappa shape index (κ1) is 13.3. The second kappa shape index (κ2) is 6.16. The summed E-state index contributed by atoms with van der Waals surface area (Å²) in [4.78, 5) is 6.57. The van der Waals surface area contributed by atoms with Gasteiger partial charge < -0.3 is 15.1 Å². The quantitative estimate of drug-likeness (QED) is 0.837. The van der Waals surface area contributed by atoms with Crippen LogP contribution in [0.2, 0.25) is 0 Å². The Labute approximate surface area is 108 Å². The Bertz CT molecular complexity index is 376. The van der Waals surface area contributed by atoms with E-state index in [1.165, 1.54) is 25.7 Å². The van der Waals surface area contributed by atoms with Gasteiger partial charge in [-0.2, -0.15) is 0 Å². The molecule has 2 rings (SSSR count). The monoisotopic (exact) mass is 250 g/mol. The van der Waals surface area contributed by atoms with E-state index < -0.39 is 6.10 Å². The molecule has 100 valence electrons. The van der Waals surface area contributed by atoms with Crippen LogP contribution in [0.15, 0.2) is 18.3 Å². The Balaban J connectivity index is 2.21. The lowest BCUT2D eigenvalue weighted by molar-refractivity contribution is 0.199. The maximum Gasteiger partial charge on any atom is 0.129 e. The zero-order valence-corrected chi connectivity index (χ0v) is 10.9. The predicted molar refractivity (Wildman–Crippen MR) is 71.6 cm³/mol. The van der Waals surface area contributed by atoms with Crippen LogP contribution in [0, 0.1) is 0 Å². The molecule has 1 atom stereocenters. The van der Waals surface area contributed by atoms with Crippen molar-refractivity contribution in [2.24, 2.45) is 0 Å². The molecular weight excluding hydrogens is 228 g/mol. The molecule has 1 heterocycles. The highest BCUT2D eigenvalue weighted by Crippen LogP contribution is 2.28. The van der Waals surface area contributed by atoms with Crippen LogP contribution in [0.1, 0.15) is 44.3 Å². The van der Waals surface area contributed by atoms with Crippen molar-refractivity contribution in [3.05, 3.63) is 23.9 Å². The van der Waals surface area contributed by atoms with Gasteiger partial charge in [0.05, 0.1) is 12.7 Å². The van der Waals surface area contributed by atoms with Gasteiger partial charge in [-0.25, -0.2) is 4.98 Å². The molecule has 0 unspecified atom stereocenters. The summed E-state index contributed by atoms with van der Waals surface area (Å²) in [6, 6.07) is 4.24. The van der Waals surface area contributed by atoms with Crippen molar-refractivity contribution in [2.75, 3.05) is 18.1 Å². The Kier molecular flexibility index (Phi) is 4.55. The van der Waals surface area contributed by atoms with Crippen molar-refractivity contribution in [1.29, 1.82) is 0 Å². The summed E-state index contributed by atoms with van der Waals surface area (Å²) in [6.45, 7) is 2.50. The predicted octanol–water partition coefficient (Wildman–Crippen LogP) is 1.88. The highest BCUT2D eigenvalue weighted by molar-refractivity contribution is 5.43. The second-order valence-corrected chi connectivity index (χ2v) is 4.98. The molecule has 4 heteroatoms. The van der Waals surface area contributed by atoms with E-state index in [2.05, 4.69) is 9.88 Å². The summed E-state index contributed by atoms with van der Waals surface area (Å²) in [5, 5.41) is 18.8. The lowest BCUT2D eigenvalue weighted by Crippen LogP contribution is -2.36. The topological polar surface area (TPSA) is 56.6 Å². The Morgan fingerprint density at radius 2 is 2.17 bits per heavy atom. The number of nitrogens with zero attached hydrogens (tertiary/aromatic N) is 2. The van der Waals surface area contributed by atoms with Crippen LogP contribution in [0.3, 0.4) is 0 Å². The first-order valence-electron chi connectivity index (χ1n) is 6.74. The summed E-state index contributed by atoms with van der Waals surface area (Å²) >= 11 is 0. The van der Waals surface area contributed by atoms with Gasteiger partial charge in [0.15, 0.2) is 0 Å². The summed E-state index contributed by atoms with van der Waals surface area (Å²) in [7, 11) is 0. The van der Waals surface area contributed by atoms with Crippen LogP contribution in [-0.2, 0) is 0 Å². The van der Waals surface area contributed by atoms with Gasteiger partial charge in [-0.3, -0.25) is 0 Å². The van der Waals surface area contributed by atoms with Crippen LogP contribution in [0.4, 0.5) is 5.82 Å². The van der Waals surface area contributed by atoms with Crippen molar-refractivity contribution < 1.29 is 10.2 Å². The summed E-state index contributed by atoms with van der Waals surface area (Å²) < 4.78 is 0. The van der Waals surface area contributed by atoms with Crippen LogP contribution < -0.4 is 4.90 Å². The fourth-order valence-electron chi connectivity index (χ4n) is 2.66. The van der Waals surface area contributed by atoms with E-state index in [1.807, 2.05) is 12.1 Å². The van der Waals surface area contributed by atoms with E-state index >= 15 is 0 Å². The van der Waals surface area contributed by atoms with E-state index in [0.717, 1.165) is 11.4 Å². The molecule has 0 aliphatic heterocycles. The first-order chi connectivity index (χ1) is 8.72. The fraction of sp³-hybridized carbons (Fsp3) is 0.643. The zero-order valence-electron chi connectivity index (χ0n) is 10.9. The molecule has 0 spiro atoms. The Hall–Kier alpha value is -1.13. The fourth-order valence-corrected chi connectivity index (χ4v) is 2.66. The van der Waals surface area contributed by atoms with Crippen LogP contribution in [0.25, 0.3) is 0 Å². The molecule has 1 saturated carbocycles. The van der Waals surface area contributed by atoms with E-state index in [1.54, 1.807) is 13.1 Å². The lowest BCUT2D eigenvalue weighted by Gasteiger charge is -2.29. The number of hydrogen-bond donors (Lipinski definition) is 2. The largest absolute Gasteiger partial charge is 0.395 e. The summed E-state index contributed by atoms with van der Waals surface area (Å²) in [5.41, 5.74) is 0.876. The average molecular weight is 250 g/mol. The van der Waals surface area contributed by atoms with Gasteiger partial charge in [0.1, 0.15) is 5.82 Å². The molecule has 1 aliphatic rings. The standard InChI is InChI=1S/C14H22N2O2/c1-11(18)12-6-7-15-14(10-12)16(8-9-17)13-4-2-3-5-13/h6-7,10-11,13,17-18H,2-5,8-9H2,1H3/t11-/m1/s1. The minimum Gasteiger partial charge on any atom is -0.395 e. The van der Waals surface area contributed by atoms with E-state index in [-0.39, 0.29) is 6.61 Å². The third-order valence-electron chi connectivity index (χ3n) is 3.65. The van der Waals surface area contributed by atoms with Gasteiger partial charge in [0, 0.05) is 18.8 Å². The molecule has 0 radical (unpaired) electrons. The third-order valence-corrected chi connectivity index (χ3v) is 3.65. The van der Waals surface area contributed by atoms with Crippen molar-refractivity contribution in [3.63, 3.8) is 0 Å². The third kappa shape index (κ3) is 3.00. The number of aromatic nitrogens is 1. The second-order valence-electron chi connectivity index (χ2n) is 4.98. The number of pyridine rings is 1. The molecule has 18 heavy (non-hydrogen) atoms. The highest BCUT2D eigenvalue weighted by atomic mass is 16.3. The molecule has 0 amide bonds. The minimum atomic E-state index is -0.480. The molecule has 0 saturated heterocycles. The SMILES string of the molecule is C[C@@H](O)c1ccnc(N(CCO)C2CCCC2)c1. The van der Waals surface area contributed by atoms with Crippen molar-refractivity contribution in [3.8, 4) is 0 Å². The first-order valence-corrected chi connectivity index (χ1v) is 6.74. The Morgan fingerprint density at radius 1 is 1.44 bits per heavy atom. The molecule has 1 aromatic rings. The highest BCUT2D eigenvalue weighted by Gasteiger charge is 2.23. The van der Waals surface area contributed by atoms with Crippen LogP contribution in [-0.4, -0.2) is 34.4 Å². The van der Waals surface area contributed by atoms with Gasteiger partial charge in [0.25, 0.3) is 0 Å². The zero-order chi connectivity index (χ0) is 13.0. The van der Waals surface area contributed by atoms with Gasteiger partial charge in [-0.1, -0.05) is 12.8 Å². The van der Waals surface area contributed by atoms with E-state index in [4.69, 9.17) is 0 Å². The number of anilines is 1. The van der Waals surface area contributed by atoms with Crippen molar-refractivity contribution in [2.45, 2.75) is 44.8 Å². The number of aliphatic hydroxyl groups excluding tert-OH is 2. The molecule has 1 aromatic heterocycles. The van der Waals surface area contributed by atoms with Crippen molar-refractivity contribution in [1.82, 2.24) is 4.98 Å². The Morgan fingerprint density at radius 3 is 2.78 bits per heavy atom. The average Bonchev–Trinajstić information content (AvgIpc) is 2.89. The minimum absolute atomic E-state index is 0.136. The molecule has 4 nitrogen and oxygen atoms in total. The number of rotatable bonds is 5. The lowest BCUT2D eigenvalue weighted by atomic mass is 10.1. The molecule has 1 fully saturated rings. The van der Waals surface area contributed by atoms with Crippen LogP contribution >= 0.6 is 0 Å². The van der Waals surface area contributed by atoms with Gasteiger partial charge in [0.2, 0.25) is 0 Å². The summed E-state index contributed by atoms with van der Waals surface area (Å²) in [5.74, 6) is 0.870. The number of hydrogen-bond acceptors (Lipinski definition) is 4. The van der Waals surface area contributed by atoms with Crippen LogP contribution in [0.5, 0.6) is 0 Å². The normalized spacial score (nSPS) is 17.9. The molecule has 2 N–H and O–H groups in total.